The zero-order valence-electron chi connectivity index (χ0n) is 8.96. The van der Waals surface area contributed by atoms with E-state index in [-0.39, 0.29) is 0 Å². The Bertz CT molecular complexity index is 205. The summed E-state index contributed by atoms with van der Waals surface area (Å²) in [5, 5.41) is 3.30. The Morgan fingerprint density at radius 2 is 1.93 bits per heavy atom. The fourth-order valence-corrected chi connectivity index (χ4v) is 2.01. The van der Waals surface area contributed by atoms with Crippen LogP contribution in [0, 0.1) is 5.92 Å². The van der Waals surface area contributed by atoms with Gasteiger partial charge in [-0.15, -0.1) is 0 Å². The SMILES string of the molecule is CN1CCC(C(=O)CNC2CC2)CC1. The van der Waals surface area contributed by atoms with Crippen LogP contribution < -0.4 is 5.32 Å². The molecule has 0 unspecified atom stereocenters. The molecule has 1 saturated carbocycles. The minimum Gasteiger partial charge on any atom is -0.307 e. The zero-order valence-corrected chi connectivity index (χ0v) is 8.96. The van der Waals surface area contributed by atoms with E-state index in [1.807, 2.05) is 0 Å². The average molecular weight is 196 g/mol. The van der Waals surface area contributed by atoms with E-state index in [1.165, 1.54) is 12.8 Å². The lowest BCUT2D eigenvalue weighted by Gasteiger charge is -2.28. The largest absolute Gasteiger partial charge is 0.307 e. The second-order valence-electron chi connectivity index (χ2n) is 4.70. The first-order valence-corrected chi connectivity index (χ1v) is 5.70. The maximum absolute atomic E-state index is 11.8. The van der Waals surface area contributed by atoms with Crippen LogP contribution in [-0.4, -0.2) is 43.4 Å². The number of Topliss-reactive ketones (excluding diaryl/α,β-unsaturated/α-hetero) is 1. The van der Waals surface area contributed by atoms with Crippen molar-refractivity contribution < 1.29 is 4.79 Å². The summed E-state index contributed by atoms with van der Waals surface area (Å²) in [6.45, 7) is 2.78. The van der Waals surface area contributed by atoms with Gasteiger partial charge in [-0.05, 0) is 45.8 Å². The lowest BCUT2D eigenvalue weighted by atomic mass is 9.93. The number of piperidine rings is 1. The van der Waals surface area contributed by atoms with Crippen LogP contribution in [0.5, 0.6) is 0 Å². The highest BCUT2D eigenvalue weighted by Crippen LogP contribution is 2.20. The number of carbonyl (C=O) groups is 1. The summed E-state index contributed by atoms with van der Waals surface area (Å²) in [6.07, 6.45) is 4.64. The second-order valence-corrected chi connectivity index (χ2v) is 4.70. The fourth-order valence-electron chi connectivity index (χ4n) is 2.01. The van der Waals surface area contributed by atoms with Gasteiger partial charge < -0.3 is 10.2 Å². The van der Waals surface area contributed by atoms with Gasteiger partial charge in [0.15, 0.2) is 0 Å². The molecule has 1 aliphatic heterocycles. The molecule has 1 heterocycles. The van der Waals surface area contributed by atoms with Crippen LogP contribution in [-0.2, 0) is 4.79 Å². The van der Waals surface area contributed by atoms with E-state index >= 15 is 0 Å². The van der Waals surface area contributed by atoms with Gasteiger partial charge in [0.05, 0.1) is 6.54 Å². The molecule has 0 spiro atoms. The molecule has 14 heavy (non-hydrogen) atoms. The molecule has 1 saturated heterocycles. The molecule has 0 atom stereocenters. The van der Waals surface area contributed by atoms with Gasteiger partial charge in [-0.2, -0.15) is 0 Å². The van der Waals surface area contributed by atoms with Crippen molar-refractivity contribution in [3.05, 3.63) is 0 Å². The molecule has 0 bridgehead atoms. The zero-order chi connectivity index (χ0) is 9.97. The Kier molecular flexibility index (Phi) is 3.19. The Morgan fingerprint density at radius 3 is 2.50 bits per heavy atom. The van der Waals surface area contributed by atoms with E-state index in [4.69, 9.17) is 0 Å². The van der Waals surface area contributed by atoms with Gasteiger partial charge in [-0.1, -0.05) is 0 Å². The number of nitrogens with one attached hydrogen (secondary N) is 1. The Hall–Kier alpha value is -0.410. The van der Waals surface area contributed by atoms with Gasteiger partial charge in [-0.3, -0.25) is 4.79 Å². The van der Waals surface area contributed by atoms with Crippen LogP contribution >= 0.6 is 0 Å². The van der Waals surface area contributed by atoms with Gasteiger partial charge in [0, 0.05) is 12.0 Å². The summed E-state index contributed by atoms with van der Waals surface area (Å²) >= 11 is 0. The first kappa shape index (κ1) is 10.1. The summed E-state index contributed by atoms with van der Waals surface area (Å²) in [7, 11) is 2.13. The Labute approximate surface area is 85.8 Å². The highest BCUT2D eigenvalue weighted by molar-refractivity contribution is 5.83. The number of rotatable bonds is 4. The van der Waals surface area contributed by atoms with E-state index in [1.54, 1.807) is 0 Å². The number of hydrogen-bond donors (Lipinski definition) is 1. The Balaban J connectivity index is 1.68. The minimum atomic E-state index is 0.331. The molecule has 0 amide bonds. The van der Waals surface area contributed by atoms with Gasteiger partial charge >= 0.3 is 0 Å². The first-order valence-electron chi connectivity index (χ1n) is 5.70. The van der Waals surface area contributed by atoms with Gasteiger partial charge in [0.2, 0.25) is 0 Å². The van der Waals surface area contributed by atoms with E-state index in [0.29, 0.717) is 24.3 Å². The number of hydrogen-bond acceptors (Lipinski definition) is 3. The summed E-state index contributed by atoms with van der Waals surface area (Å²) < 4.78 is 0. The Morgan fingerprint density at radius 1 is 1.29 bits per heavy atom. The average Bonchev–Trinajstić information content (AvgIpc) is 2.99. The van der Waals surface area contributed by atoms with Crippen molar-refractivity contribution in [3.8, 4) is 0 Å². The van der Waals surface area contributed by atoms with Crippen molar-refractivity contribution in [1.29, 1.82) is 0 Å². The van der Waals surface area contributed by atoms with E-state index in [0.717, 1.165) is 25.9 Å². The second kappa shape index (κ2) is 4.41. The van der Waals surface area contributed by atoms with Gasteiger partial charge in [-0.25, -0.2) is 0 Å². The van der Waals surface area contributed by atoms with Gasteiger partial charge in [0.1, 0.15) is 5.78 Å². The molecule has 0 radical (unpaired) electrons. The van der Waals surface area contributed by atoms with Crippen molar-refractivity contribution in [2.24, 2.45) is 5.92 Å². The summed E-state index contributed by atoms with van der Waals surface area (Å²) in [5.74, 6) is 0.766. The summed E-state index contributed by atoms with van der Waals surface area (Å²) in [5.41, 5.74) is 0. The minimum absolute atomic E-state index is 0.331. The number of likely N-dealkylation sites (tertiary alicyclic amines) is 1. The molecular weight excluding hydrogens is 176 g/mol. The molecule has 1 aliphatic carbocycles. The third-order valence-corrected chi connectivity index (χ3v) is 3.32. The van der Waals surface area contributed by atoms with E-state index in [9.17, 15) is 4.79 Å². The molecule has 0 aromatic heterocycles. The highest BCUT2D eigenvalue weighted by atomic mass is 16.1. The van der Waals surface area contributed by atoms with E-state index < -0.39 is 0 Å². The molecule has 0 aromatic carbocycles. The smallest absolute Gasteiger partial charge is 0.149 e. The summed E-state index contributed by atoms with van der Waals surface area (Å²) in [4.78, 5) is 14.1. The monoisotopic (exact) mass is 196 g/mol. The van der Waals surface area contributed by atoms with Crippen LogP contribution in [0.1, 0.15) is 25.7 Å². The topological polar surface area (TPSA) is 32.3 Å². The predicted octanol–water partition coefficient (Wildman–Crippen LogP) is 0.649. The lowest BCUT2D eigenvalue weighted by Crippen LogP contribution is -2.37. The standard InChI is InChI=1S/C11H20N2O/c1-13-6-4-9(5-7-13)11(14)8-12-10-2-3-10/h9-10,12H,2-8H2,1H3. The molecule has 0 aromatic rings. The molecule has 2 fully saturated rings. The predicted molar refractivity (Wildman–Crippen MR) is 56.3 cm³/mol. The maximum atomic E-state index is 11.8. The molecular formula is C11H20N2O. The quantitative estimate of drug-likeness (QED) is 0.716. The molecule has 80 valence electrons. The van der Waals surface area contributed by atoms with Crippen LogP contribution in [0.4, 0.5) is 0 Å². The molecule has 2 rings (SSSR count). The fraction of sp³-hybridized carbons (Fsp3) is 0.909. The number of carbonyl (C=O) groups excluding carboxylic acids is 1. The number of ketones is 1. The van der Waals surface area contributed by atoms with Crippen molar-refractivity contribution >= 4 is 5.78 Å². The third-order valence-electron chi connectivity index (χ3n) is 3.32. The molecule has 1 N–H and O–H groups in total. The van der Waals surface area contributed by atoms with Gasteiger partial charge in [0.25, 0.3) is 0 Å². The van der Waals surface area contributed by atoms with Crippen LogP contribution in [0.25, 0.3) is 0 Å². The third kappa shape index (κ3) is 2.79. The van der Waals surface area contributed by atoms with E-state index in [2.05, 4.69) is 17.3 Å². The van der Waals surface area contributed by atoms with Crippen LogP contribution in [0.2, 0.25) is 0 Å². The molecule has 3 nitrogen and oxygen atoms in total. The maximum Gasteiger partial charge on any atom is 0.149 e. The summed E-state index contributed by atoms with van der Waals surface area (Å²) in [6, 6.07) is 0.658. The first-order chi connectivity index (χ1) is 6.75. The van der Waals surface area contributed by atoms with Crippen molar-refractivity contribution in [2.75, 3.05) is 26.7 Å². The van der Waals surface area contributed by atoms with Crippen molar-refractivity contribution in [3.63, 3.8) is 0 Å². The molecule has 2 aliphatic rings. The molecule has 3 heteroatoms. The number of nitrogens with zero attached hydrogens (tertiary/aromatic N) is 1. The van der Waals surface area contributed by atoms with Crippen molar-refractivity contribution in [1.82, 2.24) is 10.2 Å². The lowest BCUT2D eigenvalue weighted by molar-refractivity contribution is -0.123. The highest BCUT2D eigenvalue weighted by Gasteiger charge is 2.26. The normalized spacial score (nSPS) is 25.2. The van der Waals surface area contributed by atoms with Crippen molar-refractivity contribution in [2.45, 2.75) is 31.7 Å². The van der Waals surface area contributed by atoms with Crippen LogP contribution in [0.15, 0.2) is 0 Å². The van der Waals surface area contributed by atoms with Crippen LogP contribution in [0.3, 0.4) is 0 Å².